The molecule has 0 aromatic carbocycles. The van der Waals surface area contributed by atoms with Crippen LogP contribution in [0.15, 0.2) is 0 Å². The van der Waals surface area contributed by atoms with Gasteiger partial charge >= 0.3 is 6.03 Å². The van der Waals surface area contributed by atoms with Crippen LogP contribution in [-0.4, -0.2) is 30.8 Å². The Morgan fingerprint density at radius 1 is 1.17 bits per heavy atom. The van der Waals surface area contributed by atoms with E-state index in [0.29, 0.717) is 6.54 Å². The monoisotopic (exact) mass is 256 g/mol. The molecule has 1 aliphatic rings. The van der Waals surface area contributed by atoms with E-state index in [-0.39, 0.29) is 23.5 Å². The van der Waals surface area contributed by atoms with Crippen molar-refractivity contribution in [1.29, 1.82) is 0 Å². The van der Waals surface area contributed by atoms with Gasteiger partial charge in [-0.1, -0.05) is 20.8 Å². The van der Waals surface area contributed by atoms with Gasteiger partial charge in [0.2, 0.25) is 0 Å². The van der Waals surface area contributed by atoms with Crippen LogP contribution in [0.2, 0.25) is 0 Å². The lowest BCUT2D eigenvalue weighted by molar-refractivity contribution is 0.197. The van der Waals surface area contributed by atoms with E-state index in [1.165, 1.54) is 0 Å². The zero-order valence-corrected chi connectivity index (χ0v) is 12.0. The Morgan fingerprint density at radius 2 is 1.72 bits per heavy atom. The molecule has 4 heteroatoms. The highest BCUT2D eigenvalue weighted by atomic mass is 16.3. The average molecular weight is 256 g/mol. The largest absolute Gasteiger partial charge is 0.396 e. The Bertz CT molecular complexity index is 263. The molecule has 0 heterocycles. The lowest BCUT2D eigenvalue weighted by atomic mass is 9.80. The third kappa shape index (κ3) is 3.87. The molecule has 2 amide bonds. The Morgan fingerprint density at radius 3 is 2.11 bits per heavy atom. The van der Waals surface area contributed by atoms with Gasteiger partial charge in [-0.2, -0.15) is 0 Å². The van der Waals surface area contributed by atoms with Crippen LogP contribution in [0.3, 0.4) is 0 Å². The number of amides is 2. The lowest BCUT2D eigenvalue weighted by Crippen LogP contribution is -2.44. The third-order valence-electron chi connectivity index (χ3n) is 4.79. The predicted molar refractivity (Wildman–Crippen MR) is 73.5 cm³/mol. The zero-order valence-electron chi connectivity index (χ0n) is 12.0. The van der Waals surface area contributed by atoms with Gasteiger partial charge in [0.1, 0.15) is 0 Å². The second-order valence-electron chi connectivity index (χ2n) is 5.76. The molecule has 4 nitrogen and oxygen atoms in total. The topological polar surface area (TPSA) is 61.4 Å². The number of aliphatic hydroxyl groups excluding tert-OH is 1. The van der Waals surface area contributed by atoms with Gasteiger partial charge in [-0.05, 0) is 37.5 Å². The Labute approximate surface area is 111 Å². The van der Waals surface area contributed by atoms with Crippen molar-refractivity contribution >= 4 is 6.03 Å². The summed E-state index contributed by atoms with van der Waals surface area (Å²) in [6, 6.07) is -0.102. The molecular weight excluding hydrogens is 228 g/mol. The first-order chi connectivity index (χ1) is 8.55. The van der Waals surface area contributed by atoms with E-state index in [1.807, 2.05) is 0 Å². The van der Waals surface area contributed by atoms with Gasteiger partial charge in [-0.15, -0.1) is 0 Å². The van der Waals surface area contributed by atoms with Crippen molar-refractivity contribution in [3.8, 4) is 0 Å². The fourth-order valence-corrected chi connectivity index (χ4v) is 2.29. The SMILES string of the molecule is CCC(CC)(CC)CNC(=O)NCC1(CO)CC1. The summed E-state index contributed by atoms with van der Waals surface area (Å²) < 4.78 is 0. The van der Waals surface area contributed by atoms with Crippen molar-refractivity contribution in [2.75, 3.05) is 19.7 Å². The van der Waals surface area contributed by atoms with Crippen LogP contribution in [0.25, 0.3) is 0 Å². The average Bonchev–Trinajstić information content (AvgIpc) is 3.19. The molecule has 0 saturated heterocycles. The first kappa shape index (κ1) is 15.3. The summed E-state index contributed by atoms with van der Waals surface area (Å²) in [7, 11) is 0. The molecule has 3 N–H and O–H groups in total. The first-order valence-corrected chi connectivity index (χ1v) is 7.18. The van der Waals surface area contributed by atoms with E-state index >= 15 is 0 Å². The standard InChI is InChI=1S/C14H28N2O2/c1-4-13(5-2,6-3)9-15-12(18)16-10-14(11-17)7-8-14/h17H,4-11H2,1-3H3,(H2,15,16,18). The van der Waals surface area contributed by atoms with E-state index in [0.717, 1.165) is 38.6 Å². The van der Waals surface area contributed by atoms with Crippen molar-refractivity contribution in [1.82, 2.24) is 10.6 Å². The molecule has 0 aromatic heterocycles. The highest BCUT2D eigenvalue weighted by molar-refractivity contribution is 5.73. The molecule has 18 heavy (non-hydrogen) atoms. The maximum Gasteiger partial charge on any atom is 0.314 e. The highest BCUT2D eigenvalue weighted by Gasteiger charge is 2.42. The minimum absolute atomic E-state index is 0.0191. The second kappa shape index (κ2) is 6.41. The molecule has 1 aliphatic carbocycles. The summed E-state index contributed by atoms with van der Waals surface area (Å²) in [6.07, 6.45) is 5.29. The van der Waals surface area contributed by atoms with E-state index in [4.69, 9.17) is 0 Å². The number of rotatable bonds is 8. The van der Waals surface area contributed by atoms with Gasteiger partial charge in [0, 0.05) is 18.5 Å². The van der Waals surface area contributed by atoms with Crippen LogP contribution in [-0.2, 0) is 0 Å². The van der Waals surface area contributed by atoms with E-state index in [1.54, 1.807) is 0 Å². The number of aliphatic hydroxyl groups is 1. The summed E-state index contributed by atoms with van der Waals surface area (Å²) in [5, 5.41) is 15.0. The van der Waals surface area contributed by atoms with E-state index in [9.17, 15) is 9.90 Å². The number of carbonyl (C=O) groups is 1. The molecular formula is C14H28N2O2. The first-order valence-electron chi connectivity index (χ1n) is 7.18. The summed E-state index contributed by atoms with van der Waals surface area (Å²) in [5.41, 5.74) is 0.209. The van der Waals surface area contributed by atoms with Gasteiger partial charge in [-0.3, -0.25) is 0 Å². The van der Waals surface area contributed by atoms with E-state index in [2.05, 4.69) is 31.4 Å². The fraction of sp³-hybridized carbons (Fsp3) is 0.929. The summed E-state index contributed by atoms with van der Waals surface area (Å²) in [6.45, 7) is 8.03. The molecule has 1 fully saturated rings. The lowest BCUT2D eigenvalue weighted by Gasteiger charge is -2.30. The van der Waals surface area contributed by atoms with Crippen LogP contribution in [0.1, 0.15) is 52.9 Å². The Hall–Kier alpha value is -0.770. The summed E-state index contributed by atoms with van der Waals surface area (Å²) in [5.74, 6) is 0. The number of hydrogen-bond acceptors (Lipinski definition) is 2. The number of nitrogens with one attached hydrogen (secondary N) is 2. The van der Waals surface area contributed by atoms with Gasteiger partial charge in [0.15, 0.2) is 0 Å². The molecule has 1 saturated carbocycles. The maximum atomic E-state index is 11.7. The summed E-state index contributed by atoms with van der Waals surface area (Å²) in [4.78, 5) is 11.7. The summed E-state index contributed by atoms with van der Waals surface area (Å²) >= 11 is 0. The quantitative estimate of drug-likeness (QED) is 0.624. The van der Waals surface area contributed by atoms with Crippen LogP contribution in [0.5, 0.6) is 0 Å². The van der Waals surface area contributed by atoms with Crippen molar-refractivity contribution in [2.24, 2.45) is 10.8 Å². The molecule has 0 aromatic rings. The number of carbonyl (C=O) groups excluding carboxylic acids is 1. The minimum atomic E-state index is -0.102. The van der Waals surface area contributed by atoms with Crippen molar-refractivity contribution < 1.29 is 9.90 Å². The Balaban J connectivity index is 2.27. The number of urea groups is 1. The van der Waals surface area contributed by atoms with Gasteiger partial charge < -0.3 is 15.7 Å². The van der Waals surface area contributed by atoms with Crippen molar-refractivity contribution in [3.63, 3.8) is 0 Å². The molecule has 0 bridgehead atoms. The smallest absolute Gasteiger partial charge is 0.314 e. The highest BCUT2D eigenvalue weighted by Crippen LogP contribution is 2.44. The van der Waals surface area contributed by atoms with Crippen LogP contribution < -0.4 is 10.6 Å². The molecule has 0 aliphatic heterocycles. The predicted octanol–water partition coefficient (Wildman–Crippen LogP) is 2.27. The van der Waals surface area contributed by atoms with Crippen molar-refractivity contribution in [3.05, 3.63) is 0 Å². The third-order valence-corrected chi connectivity index (χ3v) is 4.79. The molecule has 0 spiro atoms. The molecule has 0 radical (unpaired) electrons. The Kier molecular flexibility index (Phi) is 5.45. The molecule has 106 valence electrons. The van der Waals surface area contributed by atoms with E-state index < -0.39 is 0 Å². The fourth-order valence-electron chi connectivity index (χ4n) is 2.29. The number of hydrogen-bond donors (Lipinski definition) is 3. The molecule has 0 unspecified atom stereocenters. The minimum Gasteiger partial charge on any atom is -0.396 e. The van der Waals surface area contributed by atoms with Crippen molar-refractivity contribution in [2.45, 2.75) is 52.9 Å². The van der Waals surface area contributed by atoms with Gasteiger partial charge in [0.05, 0.1) is 6.61 Å². The zero-order chi connectivity index (χ0) is 13.6. The van der Waals surface area contributed by atoms with Crippen LogP contribution in [0, 0.1) is 10.8 Å². The second-order valence-corrected chi connectivity index (χ2v) is 5.76. The molecule has 1 rings (SSSR count). The van der Waals surface area contributed by atoms with Gasteiger partial charge in [0.25, 0.3) is 0 Å². The van der Waals surface area contributed by atoms with Crippen LogP contribution >= 0.6 is 0 Å². The van der Waals surface area contributed by atoms with Crippen LogP contribution in [0.4, 0.5) is 4.79 Å². The maximum absolute atomic E-state index is 11.7. The van der Waals surface area contributed by atoms with Gasteiger partial charge in [-0.25, -0.2) is 4.79 Å². The molecule has 0 atom stereocenters. The normalized spacial score (nSPS) is 17.3.